The number of hydrogen-bond donors (Lipinski definition) is 2. The van der Waals surface area contributed by atoms with E-state index >= 15 is 0 Å². The molecule has 2 N–H and O–H groups in total. The first-order chi connectivity index (χ1) is 8.51. The van der Waals surface area contributed by atoms with E-state index in [9.17, 15) is 8.42 Å². The van der Waals surface area contributed by atoms with E-state index in [2.05, 4.69) is 11.6 Å². The molecule has 0 saturated heterocycles. The van der Waals surface area contributed by atoms with E-state index in [4.69, 9.17) is 5.11 Å². The molecule has 0 amide bonds. The molecule has 1 aromatic heterocycles. The van der Waals surface area contributed by atoms with Crippen LogP contribution in [-0.2, 0) is 23.2 Å². The van der Waals surface area contributed by atoms with Gasteiger partial charge in [0.1, 0.15) is 0 Å². The maximum absolute atomic E-state index is 12.1. The van der Waals surface area contributed by atoms with Crippen LogP contribution in [0.2, 0.25) is 0 Å². The molecule has 1 heterocycles. The summed E-state index contributed by atoms with van der Waals surface area (Å²) in [7, 11) is -3.44. The minimum atomic E-state index is -3.44. The minimum absolute atomic E-state index is 0.0857. The van der Waals surface area contributed by atoms with Gasteiger partial charge in [-0.25, -0.2) is 13.1 Å². The molecule has 2 rings (SSSR count). The quantitative estimate of drug-likeness (QED) is 0.814. The summed E-state index contributed by atoms with van der Waals surface area (Å²) in [6, 6.07) is 1.62. The van der Waals surface area contributed by atoms with E-state index in [0.717, 1.165) is 12.8 Å². The molecule has 6 heteroatoms. The fraction of sp³-hybridized carbons (Fsp3) is 0.667. The molecule has 1 saturated carbocycles. The molecule has 18 heavy (non-hydrogen) atoms. The van der Waals surface area contributed by atoms with Gasteiger partial charge in [-0.1, -0.05) is 13.3 Å². The van der Waals surface area contributed by atoms with Crippen molar-refractivity contribution >= 4 is 10.0 Å². The third kappa shape index (κ3) is 2.60. The fourth-order valence-electron chi connectivity index (χ4n) is 2.21. The van der Waals surface area contributed by atoms with Crippen LogP contribution in [0.15, 0.2) is 17.2 Å². The highest BCUT2D eigenvalue weighted by atomic mass is 32.2. The van der Waals surface area contributed by atoms with Gasteiger partial charge in [-0.3, -0.25) is 0 Å². The number of aliphatic hydroxyl groups is 1. The van der Waals surface area contributed by atoms with Gasteiger partial charge < -0.3 is 9.67 Å². The average molecular weight is 272 g/mol. The summed E-state index contributed by atoms with van der Waals surface area (Å²) in [4.78, 5) is 0.246. The topological polar surface area (TPSA) is 71.3 Å². The zero-order valence-corrected chi connectivity index (χ0v) is 11.6. The molecule has 1 aromatic rings. The van der Waals surface area contributed by atoms with Crippen LogP contribution in [0.3, 0.4) is 0 Å². The summed E-state index contributed by atoms with van der Waals surface area (Å²) in [6.07, 6.45) is 3.51. The number of hydrogen-bond acceptors (Lipinski definition) is 3. The largest absolute Gasteiger partial charge is 0.390 e. The molecule has 0 bridgehead atoms. The molecule has 2 atom stereocenters. The molecule has 0 aliphatic heterocycles. The Labute approximate surface area is 108 Å². The van der Waals surface area contributed by atoms with Crippen molar-refractivity contribution < 1.29 is 13.5 Å². The van der Waals surface area contributed by atoms with Gasteiger partial charge in [0.2, 0.25) is 10.0 Å². The highest BCUT2D eigenvalue weighted by Gasteiger charge is 2.38. The molecular weight excluding hydrogens is 252 g/mol. The Hall–Kier alpha value is -0.850. The molecule has 1 aliphatic rings. The van der Waals surface area contributed by atoms with Gasteiger partial charge in [0.05, 0.1) is 11.5 Å². The summed E-state index contributed by atoms with van der Waals surface area (Å²) in [5.74, 6) is 0.477. The Morgan fingerprint density at radius 2 is 2.22 bits per heavy atom. The highest BCUT2D eigenvalue weighted by Crippen LogP contribution is 2.34. The predicted octanol–water partition coefficient (Wildman–Crippen LogP) is 1.08. The van der Waals surface area contributed by atoms with Crippen molar-refractivity contribution in [2.24, 2.45) is 5.92 Å². The molecule has 5 nitrogen and oxygen atoms in total. The normalized spacial score (nSPS) is 23.3. The Bertz CT molecular complexity index is 500. The zero-order valence-electron chi connectivity index (χ0n) is 10.8. The Morgan fingerprint density at radius 1 is 1.50 bits per heavy atom. The zero-order chi connectivity index (χ0) is 13.3. The van der Waals surface area contributed by atoms with Gasteiger partial charge in [-0.15, -0.1) is 0 Å². The number of nitrogens with one attached hydrogen (secondary N) is 1. The van der Waals surface area contributed by atoms with Crippen molar-refractivity contribution in [2.75, 3.05) is 0 Å². The van der Waals surface area contributed by atoms with Crippen LogP contribution in [0.1, 0.15) is 32.4 Å². The van der Waals surface area contributed by atoms with E-state index in [0.29, 0.717) is 18.2 Å². The number of aromatic nitrogens is 1. The summed E-state index contributed by atoms with van der Waals surface area (Å²) in [5, 5.41) is 9.17. The van der Waals surface area contributed by atoms with Gasteiger partial charge in [-0.05, 0) is 25.3 Å². The first kappa shape index (κ1) is 13.6. The number of aliphatic hydroxyl groups excluding tert-OH is 1. The molecule has 1 fully saturated rings. The lowest BCUT2D eigenvalue weighted by atomic mass is 10.3. The monoisotopic (exact) mass is 272 g/mol. The lowest BCUT2D eigenvalue weighted by molar-refractivity contribution is 0.271. The van der Waals surface area contributed by atoms with Crippen molar-refractivity contribution in [1.82, 2.24) is 9.29 Å². The minimum Gasteiger partial charge on any atom is -0.390 e. The third-order valence-electron chi connectivity index (χ3n) is 3.53. The van der Waals surface area contributed by atoms with Crippen LogP contribution in [0, 0.1) is 5.92 Å². The van der Waals surface area contributed by atoms with Crippen LogP contribution < -0.4 is 4.72 Å². The van der Waals surface area contributed by atoms with Crippen molar-refractivity contribution in [3.63, 3.8) is 0 Å². The molecule has 0 radical (unpaired) electrons. The summed E-state index contributed by atoms with van der Waals surface area (Å²) < 4.78 is 28.7. The smallest absolute Gasteiger partial charge is 0.242 e. The maximum Gasteiger partial charge on any atom is 0.242 e. The van der Waals surface area contributed by atoms with E-state index in [-0.39, 0.29) is 17.5 Å². The van der Waals surface area contributed by atoms with Gasteiger partial charge in [0.15, 0.2) is 0 Å². The van der Waals surface area contributed by atoms with E-state index in [1.807, 2.05) is 6.92 Å². The Kier molecular flexibility index (Phi) is 3.79. The number of rotatable bonds is 6. The number of sulfonamides is 1. The fourth-order valence-corrected chi connectivity index (χ4v) is 3.59. The standard InChI is InChI=1S/C12H20N2O3S/c1-3-9-5-12(9)13-18(16,17)11-6-10(8-15)14(4-2)7-11/h6-7,9,12-13,15H,3-5,8H2,1-2H3. The second-order valence-corrected chi connectivity index (χ2v) is 6.46. The second kappa shape index (κ2) is 5.03. The SMILES string of the molecule is CCC1CC1NS(=O)(=O)c1cc(CO)n(CC)c1. The van der Waals surface area contributed by atoms with Crippen LogP contribution >= 0.6 is 0 Å². The lowest BCUT2D eigenvalue weighted by Crippen LogP contribution is -2.26. The summed E-state index contributed by atoms with van der Waals surface area (Å²) >= 11 is 0. The molecule has 1 aliphatic carbocycles. The maximum atomic E-state index is 12.1. The van der Waals surface area contributed by atoms with Crippen molar-refractivity contribution in [3.05, 3.63) is 18.0 Å². The molecule has 0 spiro atoms. The van der Waals surface area contributed by atoms with Gasteiger partial charge in [-0.2, -0.15) is 0 Å². The lowest BCUT2D eigenvalue weighted by Gasteiger charge is -2.03. The van der Waals surface area contributed by atoms with Crippen molar-refractivity contribution in [3.8, 4) is 0 Å². The van der Waals surface area contributed by atoms with Crippen LogP contribution in [-0.4, -0.2) is 24.1 Å². The van der Waals surface area contributed by atoms with Gasteiger partial charge in [0, 0.05) is 24.5 Å². The van der Waals surface area contributed by atoms with Crippen molar-refractivity contribution in [2.45, 2.75) is 50.8 Å². The predicted molar refractivity (Wildman–Crippen MR) is 68.5 cm³/mol. The van der Waals surface area contributed by atoms with E-state index < -0.39 is 10.0 Å². The van der Waals surface area contributed by atoms with E-state index in [1.54, 1.807) is 10.8 Å². The Morgan fingerprint density at radius 3 is 2.67 bits per heavy atom. The van der Waals surface area contributed by atoms with Crippen LogP contribution in [0.5, 0.6) is 0 Å². The summed E-state index contributed by atoms with van der Waals surface area (Å²) in [5.41, 5.74) is 0.626. The first-order valence-corrected chi connectivity index (χ1v) is 7.82. The molecule has 2 unspecified atom stereocenters. The van der Waals surface area contributed by atoms with Crippen LogP contribution in [0.4, 0.5) is 0 Å². The first-order valence-electron chi connectivity index (χ1n) is 6.34. The third-order valence-corrected chi connectivity index (χ3v) is 4.98. The van der Waals surface area contributed by atoms with Gasteiger partial charge in [0.25, 0.3) is 0 Å². The number of nitrogens with zero attached hydrogens (tertiary/aromatic N) is 1. The Balaban J connectivity index is 2.17. The van der Waals surface area contributed by atoms with E-state index in [1.165, 1.54) is 6.07 Å². The van der Waals surface area contributed by atoms with Crippen LogP contribution in [0.25, 0.3) is 0 Å². The second-order valence-electron chi connectivity index (χ2n) is 4.74. The molecule has 102 valence electrons. The average Bonchev–Trinajstić information content (AvgIpc) is 2.93. The molecular formula is C12H20N2O3S. The summed E-state index contributed by atoms with van der Waals surface area (Å²) in [6.45, 7) is 4.48. The van der Waals surface area contributed by atoms with Gasteiger partial charge >= 0.3 is 0 Å². The van der Waals surface area contributed by atoms with Crippen molar-refractivity contribution in [1.29, 1.82) is 0 Å². The highest BCUT2D eigenvalue weighted by molar-refractivity contribution is 7.89. The number of aryl methyl sites for hydroxylation is 1. The molecule has 0 aromatic carbocycles.